The maximum absolute atomic E-state index is 13.8. The molecule has 1 atom stereocenters. The molecule has 0 aliphatic rings. The third-order valence-corrected chi connectivity index (χ3v) is 3.18. The van der Waals surface area contributed by atoms with Gasteiger partial charge in [-0.2, -0.15) is 0 Å². The van der Waals surface area contributed by atoms with Crippen LogP contribution in [0.15, 0.2) is 35.3 Å². The smallest absolute Gasteiger partial charge is 0.143 e. The number of rotatable bonds is 3. The summed E-state index contributed by atoms with van der Waals surface area (Å²) in [6.45, 7) is 0. The fourth-order valence-corrected chi connectivity index (χ4v) is 1.97. The molecule has 94 valence electrons. The Morgan fingerprint density at radius 2 is 1.89 bits per heavy atom. The largest absolute Gasteiger partial charge is 0.324 e. The monoisotopic (exact) mass is 313 g/mol. The molecule has 0 aliphatic heterocycles. The Balaban J connectivity index is 2.27. The van der Waals surface area contributed by atoms with Gasteiger partial charge in [0.2, 0.25) is 0 Å². The lowest BCUT2D eigenvalue weighted by molar-refractivity contribution is 0.535. The topological polar surface area (TPSA) is 51.8 Å². The maximum atomic E-state index is 13.8. The third-order valence-electron chi connectivity index (χ3n) is 2.57. The van der Waals surface area contributed by atoms with Crippen LogP contribution in [0.4, 0.5) is 8.78 Å². The molecule has 1 aromatic heterocycles. The van der Waals surface area contributed by atoms with Crippen molar-refractivity contribution >= 4 is 15.9 Å². The molecule has 1 heterocycles. The van der Waals surface area contributed by atoms with E-state index in [1.165, 1.54) is 30.9 Å². The molecule has 0 aliphatic carbocycles. The Morgan fingerprint density at radius 1 is 1.22 bits per heavy atom. The summed E-state index contributed by atoms with van der Waals surface area (Å²) in [7, 11) is 0. The standard InChI is InChI=1S/C12H10BrF2N3/c13-9-1-2-10(14)8(12(9)15)3-11(16)7-4-17-6-18-5-7/h1-2,4-6,11H,3,16H2. The summed E-state index contributed by atoms with van der Waals surface area (Å²) in [5.74, 6) is -1.23. The molecule has 0 spiro atoms. The molecule has 0 amide bonds. The van der Waals surface area contributed by atoms with Crippen LogP contribution in [0, 0.1) is 11.6 Å². The molecule has 1 aromatic carbocycles. The molecule has 2 rings (SSSR count). The minimum Gasteiger partial charge on any atom is -0.324 e. The number of hydrogen-bond acceptors (Lipinski definition) is 3. The van der Waals surface area contributed by atoms with E-state index in [0.717, 1.165) is 0 Å². The van der Waals surface area contributed by atoms with Crippen LogP contribution in [0.3, 0.4) is 0 Å². The highest BCUT2D eigenvalue weighted by Gasteiger charge is 2.16. The van der Waals surface area contributed by atoms with E-state index in [0.29, 0.717) is 5.56 Å². The molecule has 0 fully saturated rings. The minimum absolute atomic E-state index is 0.0410. The summed E-state index contributed by atoms with van der Waals surface area (Å²) in [5.41, 5.74) is 6.48. The summed E-state index contributed by atoms with van der Waals surface area (Å²) >= 11 is 3.02. The summed E-state index contributed by atoms with van der Waals surface area (Å²) in [6.07, 6.45) is 4.48. The lowest BCUT2D eigenvalue weighted by Gasteiger charge is -2.13. The second-order valence-electron chi connectivity index (χ2n) is 3.80. The second-order valence-corrected chi connectivity index (χ2v) is 4.66. The van der Waals surface area contributed by atoms with Crippen LogP contribution in [-0.4, -0.2) is 9.97 Å². The zero-order chi connectivity index (χ0) is 13.1. The van der Waals surface area contributed by atoms with Gasteiger partial charge in [0.05, 0.1) is 4.47 Å². The van der Waals surface area contributed by atoms with Crippen LogP contribution >= 0.6 is 15.9 Å². The molecule has 0 saturated heterocycles. The fraction of sp³-hybridized carbons (Fsp3) is 0.167. The van der Waals surface area contributed by atoms with Crippen molar-refractivity contribution in [2.75, 3.05) is 0 Å². The molecular formula is C12H10BrF2N3. The number of benzene rings is 1. The van der Waals surface area contributed by atoms with Crippen molar-refractivity contribution in [2.24, 2.45) is 5.73 Å². The normalized spacial score (nSPS) is 12.4. The van der Waals surface area contributed by atoms with Gasteiger partial charge in [0.25, 0.3) is 0 Å². The molecule has 18 heavy (non-hydrogen) atoms. The summed E-state index contributed by atoms with van der Waals surface area (Å²) in [6, 6.07) is 1.98. The summed E-state index contributed by atoms with van der Waals surface area (Å²) in [4.78, 5) is 7.64. The number of nitrogens with two attached hydrogens (primary N) is 1. The summed E-state index contributed by atoms with van der Waals surface area (Å²) in [5, 5.41) is 0. The third kappa shape index (κ3) is 2.70. The van der Waals surface area contributed by atoms with Crippen molar-refractivity contribution in [3.8, 4) is 0 Å². The first-order valence-corrected chi connectivity index (χ1v) is 6.01. The predicted molar refractivity (Wildman–Crippen MR) is 66.7 cm³/mol. The molecule has 0 radical (unpaired) electrons. The van der Waals surface area contributed by atoms with Crippen LogP contribution in [0.2, 0.25) is 0 Å². The quantitative estimate of drug-likeness (QED) is 0.886. The number of halogens is 3. The molecule has 1 unspecified atom stereocenters. The van der Waals surface area contributed by atoms with E-state index in [4.69, 9.17) is 5.73 Å². The van der Waals surface area contributed by atoms with E-state index in [9.17, 15) is 8.78 Å². The first kappa shape index (κ1) is 13.0. The van der Waals surface area contributed by atoms with E-state index in [2.05, 4.69) is 25.9 Å². The zero-order valence-corrected chi connectivity index (χ0v) is 10.9. The Kier molecular flexibility index (Phi) is 3.98. The van der Waals surface area contributed by atoms with Crippen molar-refractivity contribution in [1.82, 2.24) is 9.97 Å². The van der Waals surface area contributed by atoms with Gasteiger partial charge in [-0.3, -0.25) is 0 Å². The summed E-state index contributed by atoms with van der Waals surface area (Å²) < 4.78 is 27.5. The molecule has 2 N–H and O–H groups in total. The van der Waals surface area contributed by atoms with Gasteiger partial charge < -0.3 is 5.73 Å². The molecule has 3 nitrogen and oxygen atoms in total. The minimum atomic E-state index is -0.623. The molecular weight excluding hydrogens is 304 g/mol. The van der Waals surface area contributed by atoms with Gasteiger partial charge in [0, 0.05) is 29.6 Å². The van der Waals surface area contributed by atoms with Gasteiger partial charge >= 0.3 is 0 Å². The van der Waals surface area contributed by atoms with E-state index >= 15 is 0 Å². The number of nitrogens with zero attached hydrogens (tertiary/aromatic N) is 2. The zero-order valence-electron chi connectivity index (χ0n) is 9.28. The van der Waals surface area contributed by atoms with E-state index in [1.54, 1.807) is 0 Å². The van der Waals surface area contributed by atoms with Crippen molar-refractivity contribution < 1.29 is 8.78 Å². The van der Waals surface area contributed by atoms with Gasteiger partial charge in [0.1, 0.15) is 18.0 Å². The first-order chi connectivity index (χ1) is 8.59. The SMILES string of the molecule is NC(Cc1c(F)ccc(Br)c1F)c1cncnc1. The fourth-order valence-electron chi connectivity index (χ4n) is 1.60. The number of aromatic nitrogens is 2. The molecule has 6 heteroatoms. The maximum Gasteiger partial charge on any atom is 0.143 e. The first-order valence-electron chi connectivity index (χ1n) is 5.22. The van der Waals surface area contributed by atoms with Gasteiger partial charge in [-0.1, -0.05) is 0 Å². The highest BCUT2D eigenvalue weighted by Crippen LogP contribution is 2.25. The van der Waals surface area contributed by atoms with Gasteiger partial charge in [-0.05, 0) is 34.5 Å². The Morgan fingerprint density at radius 3 is 2.56 bits per heavy atom. The highest BCUT2D eigenvalue weighted by molar-refractivity contribution is 9.10. The van der Waals surface area contributed by atoms with E-state index < -0.39 is 17.7 Å². The van der Waals surface area contributed by atoms with Crippen LogP contribution in [0.1, 0.15) is 17.2 Å². The number of hydrogen-bond donors (Lipinski definition) is 1. The molecule has 2 aromatic rings. The molecule has 0 saturated carbocycles. The van der Waals surface area contributed by atoms with Crippen LogP contribution in [0.5, 0.6) is 0 Å². The van der Waals surface area contributed by atoms with Crippen LogP contribution < -0.4 is 5.73 Å². The highest BCUT2D eigenvalue weighted by atomic mass is 79.9. The van der Waals surface area contributed by atoms with E-state index in [-0.39, 0.29) is 16.5 Å². The lowest BCUT2D eigenvalue weighted by atomic mass is 10.0. The lowest BCUT2D eigenvalue weighted by Crippen LogP contribution is -2.15. The predicted octanol–water partition coefficient (Wildman–Crippen LogP) is 2.76. The molecule has 0 bridgehead atoms. The van der Waals surface area contributed by atoms with Crippen LogP contribution in [-0.2, 0) is 6.42 Å². The Bertz CT molecular complexity index is 549. The Hall–Kier alpha value is -1.40. The second kappa shape index (κ2) is 5.49. The average Bonchev–Trinajstić information content (AvgIpc) is 2.40. The van der Waals surface area contributed by atoms with Crippen LogP contribution in [0.25, 0.3) is 0 Å². The van der Waals surface area contributed by atoms with Crippen molar-refractivity contribution in [3.05, 3.63) is 58.1 Å². The van der Waals surface area contributed by atoms with Crippen molar-refractivity contribution in [3.63, 3.8) is 0 Å². The average molecular weight is 314 g/mol. The Labute approximate surface area is 111 Å². The van der Waals surface area contributed by atoms with Crippen molar-refractivity contribution in [1.29, 1.82) is 0 Å². The van der Waals surface area contributed by atoms with Gasteiger partial charge in [0.15, 0.2) is 0 Å². The van der Waals surface area contributed by atoms with E-state index in [1.807, 2.05) is 0 Å². The van der Waals surface area contributed by atoms with Gasteiger partial charge in [-0.15, -0.1) is 0 Å². The van der Waals surface area contributed by atoms with Crippen molar-refractivity contribution in [2.45, 2.75) is 12.5 Å². The van der Waals surface area contributed by atoms with Gasteiger partial charge in [-0.25, -0.2) is 18.7 Å².